The summed E-state index contributed by atoms with van der Waals surface area (Å²) in [7, 11) is -2.79. The van der Waals surface area contributed by atoms with E-state index in [1.807, 2.05) is 13.8 Å². The quantitative estimate of drug-likeness (QED) is 0.324. The summed E-state index contributed by atoms with van der Waals surface area (Å²) in [6, 6.07) is 19.1. The maximum atomic E-state index is 15.0. The Bertz CT molecular complexity index is 1380. The van der Waals surface area contributed by atoms with Crippen molar-refractivity contribution >= 4 is 27.5 Å². The van der Waals surface area contributed by atoms with Crippen LogP contribution in [0.3, 0.4) is 0 Å². The summed E-state index contributed by atoms with van der Waals surface area (Å²) in [6.45, 7) is 5.45. The van der Waals surface area contributed by atoms with Gasteiger partial charge in [-0.3, -0.25) is 13.9 Å². The Labute approximate surface area is 235 Å². The predicted octanol–water partition coefficient (Wildman–Crippen LogP) is 4.61. The molecule has 0 aliphatic heterocycles. The topological polar surface area (TPSA) is 96.0 Å². The van der Waals surface area contributed by atoms with E-state index in [-0.39, 0.29) is 35.4 Å². The largest absolute Gasteiger partial charge is 0.497 e. The highest BCUT2D eigenvalue weighted by Crippen LogP contribution is 2.27. The van der Waals surface area contributed by atoms with Crippen LogP contribution < -0.4 is 14.4 Å². The Hall–Kier alpha value is -3.92. The van der Waals surface area contributed by atoms with Gasteiger partial charge in [-0.1, -0.05) is 63.2 Å². The van der Waals surface area contributed by atoms with E-state index in [0.717, 1.165) is 10.4 Å². The number of carbonyl (C=O) groups excluding carboxylic acids is 2. The molecule has 40 heavy (non-hydrogen) atoms. The smallest absolute Gasteiger partial charge is 0.264 e. The fourth-order valence-electron chi connectivity index (χ4n) is 4.16. The molecule has 3 aromatic rings. The Kier molecular flexibility index (Phi) is 10.7. The van der Waals surface area contributed by atoms with Gasteiger partial charge in [-0.05, 0) is 54.3 Å². The Balaban J connectivity index is 2.04. The molecule has 0 heterocycles. The maximum absolute atomic E-state index is 15.0. The second-order valence-corrected chi connectivity index (χ2v) is 11.6. The zero-order chi connectivity index (χ0) is 29.3. The molecule has 10 heteroatoms. The van der Waals surface area contributed by atoms with Gasteiger partial charge in [-0.2, -0.15) is 0 Å². The van der Waals surface area contributed by atoms with Crippen LogP contribution in [0.4, 0.5) is 10.1 Å². The van der Waals surface area contributed by atoms with Crippen molar-refractivity contribution in [3.05, 3.63) is 90.2 Å². The number of nitrogens with one attached hydrogen (secondary N) is 1. The zero-order valence-electron chi connectivity index (χ0n) is 23.2. The molecule has 0 aliphatic carbocycles. The number of methoxy groups -OCH3 is 1. The van der Waals surface area contributed by atoms with Gasteiger partial charge < -0.3 is 15.0 Å². The van der Waals surface area contributed by atoms with Gasteiger partial charge in [0.2, 0.25) is 11.8 Å². The summed E-state index contributed by atoms with van der Waals surface area (Å²) in [5.41, 5.74) is 0.453. The molecule has 0 saturated heterocycles. The van der Waals surface area contributed by atoms with E-state index in [1.54, 1.807) is 56.5 Å². The molecule has 0 bridgehead atoms. The number of benzene rings is 3. The molecule has 1 atom stereocenters. The molecule has 214 valence electrons. The molecule has 2 amide bonds. The number of ether oxygens (including phenoxy) is 1. The molecule has 3 rings (SSSR count). The highest BCUT2D eigenvalue weighted by Gasteiger charge is 2.34. The highest BCUT2D eigenvalue weighted by molar-refractivity contribution is 7.92. The molecule has 0 saturated carbocycles. The van der Waals surface area contributed by atoms with Crippen LogP contribution in [0, 0.1) is 11.7 Å². The monoisotopic (exact) mass is 569 g/mol. The number of amides is 2. The average Bonchev–Trinajstić information content (AvgIpc) is 2.95. The first kappa shape index (κ1) is 30.6. The molecule has 0 aliphatic rings. The van der Waals surface area contributed by atoms with Gasteiger partial charge in [-0.25, -0.2) is 12.8 Å². The molecule has 3 aromatic carbocycles. The third kappa shape index (κ3) is 7.59. The van der Waals surface area contributed by atoms with Crippen LogP contribution >= 0.6 is 0 Å². The number of hydrogen-bond donors (Lipinski definition) is 1. The van der Waals surface area contributed by atoms with Crippen LogP contribution in [0.25, 0.3) is 0 Å². The number of anilines is 1. The van der Waals surface area contributed by atoms with Crippen molar-refractivity contribution in [1.82, 2.24) is 10.2 Å². The molecule has 8 nitrogen and oxygen atoms in total. The lowest BCUT2D eigenvalue weighted by molar-refractivity contribution is -0.140. The van der Waals surface area contributed by atoms with Crippen molar-refractivity contribution in [1.29, 1.82) is 0 Å². The van der Waals surface area contributed by atoms with Crippen LogP contribution in [0.5, 0.6) is 5.75 Å². The van der Waals surface area contributed by atoms with Crippen molar-refractivity contribution in [2.24, 2.45) is 5.92 Å². The van der Waals surface area contributed by atoms with Gasteiger partial charge in [0, 0.05) is 13.1 Å². The molecular weight excluding hydrogens is 533 g/mol. The molecule has 0 spiro atoms. The fourth-order valence-corrected chi connectivity index (χ4v) is 5.60. The van der Waals surface area contributed by atoms with Crippen molar-refractivity contribution in [2.75, 3.05) is 24.5 Å². The lowest BCUT2D eigenvalue weighted by Crippen LogP contribution is -2.52. The number of carbonyl (C=O) groups is 2. The first-order chi connectivity index (χ1) is 19.1. The van der Waals surface area contributed by atoms with Gasteiger partial charge in [0.25, 0.3) is 10.0 Å². The summed E-state index contributed by atoms with van der Waals surface area (Å²) in [6.07, 6.45) is 0.289. The second kappa shape index (κ2) is 13.9. The Morgan fingerprint density at radius 3 is 2.15 bits per heavy atom. The van der Waals surface area contributed by atoms with Gasteiger partial charge in [0.15, 0.2) is 0 Å². The molecule has 0 unspecified atom stereocenters. The molecular formula is C30H36FN3O5S. The molecule has 1 N–H and O–H groups in total. The van der Waals surface area contributed by atoms with Crippen LogP contribution in [-0.2, 0) is 26.2 Å². The van der Waals surface area contributed by atoms with E-state index < -0.39 is 34.3 Å². The van der Waals surface area contributed by atoms with E-state index in [1.165, 1.54) is 35.2 Å². The minimum Gasteiger partial charge on any atom is -0.497 e. The van der Waals surface area contributed by atoms with E-state index in [4.69, 9.17) is 4.74 Å². The van der Waals surface area contributed by atoms with Gasteiger partial charge >= 0.3 is 0 Å². The fraction of sp³-hybridized carbons (Fsp3) is 0.333. The van der Waals surface area contributed by atoms with Gasteiger partial charge in [-0.15, -0.1) is 0 Å². The minimum atomic E-state index is -4.33. The number of para-hydroxylation sites is 1. The minimum absolute atomic E-state index is 0.0347. The van der Waals surface area contributed by atoms with Crippen molar-refractivity contribution in [2.45, 2.75) is 44.7 Å². The SMILES string of the molecule is CC[C@H](C(=O)NCC(C)C)N(Cc1ccc(OC)cc1)C(=O)CN(c1ccccc1F)S(=O)(=O)c1ccccc1. The van der Waals surface area contributed by atoms with E-state index >= 15 is 0 Å². The summed E-state index contributed by atoms with van der Waals surface area (Å²) < 4.78 is 48.4. The van der Waals surface area contributed by atoms with Gasteiger partial charge in [0.1, 0.15) is 24.2 Å². The zero-order valence-corrected chi connectivity index (χ0v) is 24.0. The second-order valence-electron chi connectivity index (χ2n) is 9.71. The summed E-state index contributed by atoms with van der Waals surface area (Å²) in [5, 5.41) is 2.88. The lowest BCUT2D eigenvalue weighted by atomic mass is 10.1. The van der Waals surface area contributed by atoms with Crippen LogP contribution in [0.1, 0.15) is 32.8 Å². The normalized spacial score (nSPS) is 12.1. The molecule has 0 aromatic heterocycles. The molecule has 0 fully saturated rings. The van der Waals surface area contributed by atoms with Crippen molar-refractivity contribution in [3.63, 3.8) is 0 Å². The number of nitrogens with zero attached hydrogens (tertiary/aromatic N) is 2. The predicted molar refractivity (Wildman–Crippen MR) is 153 cm³/mol. The number of sulfonamides is 1. The summed E-state index contributed by atoms with van der Waals surface area (Å²) in [5.74, 6) is -0.965. The first-order valence-corrected chi connectivity index (χ1v) is 14.5. The van der Waals surface area contributed by atoms with E-state index in [2.05, 4.69) is 5.32 Å². The van der Waals surface area contributed by atoms with Crippen LogP contribution in [-0.4, -0.2) is 51.4 Å². The third-order valence-electron chi connectivity index (χ3n) is 6.31. The lowest BCUT2D eigenvalue weighted by Gasteiger charge is -2.33. The third-order valence-corrected chi connectivity index (χ3v) is 8.09. The number of rotatable bonds is 13. The highest BCUT2D eigenvalue weighted by atomic mass is 32.2. The van der Waals surface area contributed by atoms with Crippen LogP contribution in [0.2, 0.25) is 0 Å². The van der Waals surface area contributed by atoms with E-state index in [0.29, 0.717) is 17.9 Å². The van der Waals surface area contributed by atoms with Gasteiger partial charge in [0.05, 0.1) is 17.7 Å². The standard InChI is InChI=1S/C30H36FN3O5S/c1-5-27(30(36)32-19-22(2)3)33(20-23-15-17-24(39-4)18-16-23)29(35)21-34(28-14-10-9-13-26(28)31)40(37,38)25-11-7-6-8-12-25/h6-18,22,27H,5,19-21H2,1-4H3,(H,32,36)/t27-/m1/s1. The maximum Gasteiger partial charge on any atom is 0.264 e. The van der Waals surface area contributed by atoms with Crippen molar-refractivity contribution in [3.8, 4) is 5.75 Å². The first-order valence-electron chi connectivity index (χ1n) is 13.1. The summed E-state index contributed by atoms with van der Waals surface area (Å²) in [4.78, 5) is 28.5. The number of halogens is 1. The summed E-state index contributed by atoms with van der Waals surface area (Å²) >= 11 is 0. The average molecular weight is 570 g/mol. The number of hydrogen-bond acceptors (Lipinski definition) is 5. The Morgan fingerprint density at radius 2 is 1.57 bits per heavy atom. The molecule has 0 radical (unpaired) electrons. The van der Waals surface area contributed by atoms with Crippen LogP contribution in [0.15, 0.2) is 83.8 Å². The van der Waals surface area contributed by atoms with Crippen molar-refractivity contribution < 1.29 is 27.1 Å². The Morgan fingerprint density at radius 1 is 0.950 bits per heavy atom. The van der Waals surface area contributed by atoms with E-state index in [9.17, 15) is 22.4 Å².